The number of allylic oxidation sites excluding steroid dienone is 2. The van der Waals surface area contributed by atoms with Crippen LogP contribution in [0.3, 0.4) is 0 Å². The number of ether oxygens (including phenoxy) is 3. The number of alkyl carbamates (subject to hydrolysis) is 1. The molecule has 3 aromatic rings. The molecule has 1 aliphatic heterocycles. The Morgan fingerprint density at radius 1 is 0.936 bits per heavy atom. The number of amides is 1. The van der Waals surface area contributed by atoms with Crippen LogP contribution in [0.2, 0.25) is 0 Å². The van der Waals surface area contributed by atoms with Gasteiger partial charge in [-0.2, -0.15) is 10.5 Å². The summed E-state index contributed by atoms with van der Waals surface area (Å²) in [5.74, 6) is -2.17. The van der Waals surface area contributed by atoms with Crippen molar-refractivity contribution in [2.75, 3.05) is 31.2 Å². The molecule has 0 spiro atoms. The quantitative estimate of drug-likeness (QED) is 0.203. The van der Waals surface area contributed by atoms with Crippen LogP contribution in [-0.4, -0.2) is 55.5 Å². The molecule has 1 heterocycles. The number of anilines is 1. The van der Waals surface area contributed by atoms with Crippen LogP contribution >= 0.6 is 0 Å². The molecule has 11 heteroatoms. The summed E-state index contributed by atoms with van der Waals surface area (Å²) in [4.78, 5) is 39.6. The number of benzene rings is 3. The second-order valence-corrected chi connectivity index (χ2v) is 10.8. The predicted molar refractivity (Wildman–Crippen MR) is 172 cm³/mol. The molecule has 1 aliphatic carbocycles. The minimum Gasteiger partial charge on any atom is -0.480 e. The summed E-state index contributed by atoms with van der Waals surface area (Å²) >= 11 is 0. The molecule has 3 aromatic carbocycles. The largest absolute Gasteiger partial charge is 0.480 e. The van der Waals surface area contributed by atoms with Crippen LogP contribution in [0.15, 0.2) is 84.1 Å². The Balaban J connectivity index is 1.24. The number of aliphatic carboxylic acids is 1. The maximum Gasteiger partial charge on any atom is 0.407 e. The van der Waals surface area contributed by atoms with Gasteiger partial charge in [-0.1, -0.05) is 48.5 Å². The second-order valence-electron chi connectivity index (χ2n) is 10.8. The Morgan fingerprint density at radius 2 is 1.57 bits per heavy atom. The van der Waals surface area contributed by atoms with E-state index >= 15 is 0 Å². The number of nitriles is 2. The lowest BCUT2D eigenvalue weighted by Gasteiger charge is -2.25. The van der Waals surface area contributed by atoms with Crippen molar-refractivity contribution in [3.8, 4) is 29.0 Å². The molecule has 0 radical (unpaired) electrons. The fourth-order valence-corrected chi connectivity index (χ4v) is 5.77. The van der Waals surface area contributed by atoms with Gasteiger partial charge in [0, 0.05) is 41.9 Å². The van der Waals surface area contributed by atoms with Crippen molar-refractivity contribution in [3.05, 3.63) is 101 Å². The molecule has 0 fully saturated rings. The highest BCUT2D eigenvalue weighted by Crippen LogP contribution is 2.44. The van der Waals surface area contributed by atoms with Gasteiger partial charge < -0.3 is 29.5 Å². The van der Waals surface area contributed by atoms with E-state index in [0.717, 1.165) is 41.0 Å². The first-order chi connectivity index (χ1) is 22.8. The predicted octanol–water partition coefficient (Wildman–Crippen LogP) is 5.54. The number of carbonyl (C=O) groups is 3. The maximum absolute atomic E-state index is 12.8. The highest BCUT2D eigenvalue weighted by molar-refractivity contribution is 5.86. The molecule has 0 saturated carbocycles. The number of carboxylic acids is 1. The normalized spacial score (nSPS) is 13.3. The van der Waals surface area contributed by atoms with Gasteiger partial charge in [0.2, 0.25) is 0 Å². The summed E-state index contributed by atoms with van der Waals surface area (Å²) < 4.78 is 16.7. The minimum atomic E-state index is -1.61. The first-order valence-corrected chi connectivity index (χ1v) is 15.1. The van der Waals surface area contributed by atoms with Crippen LogP contribution < -0.4 is 15.0 Å². The van der Waals surface area contributed by atoms with Crippen LogP contribution in [0.4, 0.5) is 10.5 Å². The molecule has 2 N–H and O–H groups in total. The average Bonchev–Trinajstić information content (AvgIpc) is 3.40. The van der Waals surface area contributed by atoms with Gasteiger partial charge in [0.05, 0.1) is 6.42 Å². The second kappa shape index (κ2) is 14.4. The van der Waals surface area contributed by atoms with E-state index in [4.69, 9.17) is 14.2 Å². The SMILES string of the molecule is CCN(CC)c1ccc2c(c1)OC(=C(C#N)C#N)C=C2COC(=O)CC(NC(=O)OCC1c2ccccc2-c2ccccc21)C(=O)O. The van der Waals surface area contributed by atoms with Crippen molar-refractivity contribution in [3.63, 3.8) is 0 Å². The summed E-state index contributed by atoms with van der Waals surface area (Å²) in [5.41, 5.74) is 5.74. The fraction of sp³-hybridized carbons (Fsp3) is 0.250. The standard InChI is InChI=1S/C36H32N4O7/c1-3-40(4-2)24-13-14-25-22(15-32(23(18-37)19-38)47-33(25)16-24)20-45-34(41)17-31(35(42)43)39-36(44)46-21-30-28-11-7-5-9-26(28)27-10-6-8-12-29(27)30/h5-16,30-31H,3-4,17,20-21H2,1-2H3,(H,39,44)(H,42,43). The van der Waals surface area contributed by atoms with Gasteiger partial charge in [0.15, 0.2) is 11.3 Å². The first kappa shape index (κ1) is 32.3. The zero-order valence-electron chi connectivity index (χ0n) is 25.9. The minimum absolute atomic E-state index is 0.00517. The van der Waals surface area contributed by atoms with Gasteiger partial charge in [-0.15, -0.1) is 0 Å². The molecule has 47 heavy (non-hydrogen) atoms. The van der Waals surface area contributed by atoms with Crippen LogP contribution in [-0.2, 0) is 19.1 Å². The van der Waals surface area contributed by atoms with Gasteiger partial charge in [-0.05, 0) is 54.3 Å². The highest BCUT2D eigenvalue weighted by atomic mass is 16.6. The Hall–Kier alpha value is -6.07. The molecular formula is C36H32N4O7. The number of nitrogens with zero attached hydrogens (tertiary/aromatic N) is 3. The Kier molecular flexibility index (Phi) is 9.87. The molecule has 1 atom stereocenters. The molecule has 238 valence electrons. The molecular weight excluding hydrogens is 600 g/mol. The topological polar surface area (TPSA) is 162 Å². The number of fused-ring (bicyclic) bond motifs is 4. The number of hydrogen-bond acceptors (Lipinski definition) is 9. The van der Waals surface area contributed by atoms with E-state index in [1.807, 2.05) is 68.4 Å². The van der Waals surface area contributed by atoms with Gasteiger partial charge in [-0.3, -0.25) is 4.79 Å². The molecule has 0 saturated heterocycles. The Morgan fingerprint density at radius 3 is 2.17 bits per heavy atom. The maximum atomic E-state index is 12.8. The number of nitrogens with one attached hydrogen (secondary N) is 1. The van der Waals surface area contributed by atoms with Crippen LogP contribution in [0.1, 0.15) is 42.9 Å². The zero-order chi connectivity index (χ0) is 33.5. The van der Waals surface area contributed by atoms with E-state index in [0.29, 0.717) is 16.9 Å². The van der Waals surface area contributed by atoms with Crippen molar-refractivity contribution >= 4 is 29.3 Å². The summed E-state index contributed by atoms with van der Waals surface area (Å²) in [5, 5.41) is 30.9. The molecule has 2 aliphatic rings. The van der Waals surface area contributed by atoms with E-state index in [1.165, 1.54) is 6.08 Å². The van der Waals surface area contributed by atoms with E-state index in [2.05, 4.69) is 10.2 Å². The Labute approximate surface area is 271 Å². The summed E-state index contributed by atoms with van der Waals surface area (Å²) in [7, 11) is 0. The Bertz CT molecular complexity index is 1800. The monoisotopic (exact) mass is 632 g/mol. The van der Waals surface area contributed by atoms with Crippen molar-refractivity contribution in [2.24, 2.45) is 0 Å². The van der Waals surface area contributed by atoms with Gasteiger partial charge in [-0.25, -0.2) is 9.59 Å². The lowest BCUT2D eigenvalue weighted by atomic mass is 9.98. The van der Waals surface area contributed by atoms with Crippen molar-refractivity contribution in [2.45, 2.75) is 32.2 Å². The lowest BCUT2D eigenvalue weighted by molar-refractivity contribution is -0.148. The highest BCUT2D eigenvalue weighted by Gasteiger charge is 2.31. The molecule has 5 rings (SSSR count). The summed E-state index contributed by atoms with van der Waals surface area (Å²) in [6, 6.07) is 23.1. The van der Waals surface area contributed by atoms with Crippen LogP contribution in [0.25, 0.3) is 16.7 Å². The number of esters is 1. The third-order valence-corrected chi connectivity index (χ3v) is 8.13. The first-order valence-electron chi connectivity index (χ1n) is 15.1. The van der Waals surface area contributed by atoms with Crippen molar-refractivity contribution < 1.29 is 33.7 Å². The average molecular weight is 633 g/mol. The molecule has 0 aromatic heterocycles. The van der Waals surface area contributed by atoms with Crippen molar-refractivity contribution in [1.82, 2.24) is 5.32 Å². The van der Waals surface area contributed by atoms with E-state index < -0.39 is 30.5 Å². The van der Waals surface area contributed by atoms with Gasteiger partial charge in [0.25, 0.3) is 0 Å². The molecule has 11 nitrogen and oxygen atoms in total. The fourth-order valence-electron chi connectivity index (χ4n) is 5.77. The van der Waals surface area contributed by atoms with Crippen LogP contribution in [0, 0.1) is 22.7 Å². The van der Waals surface area contributed by atoms with Gasteiger partial charge >= 0.3 is 18.0 Å². The lowest BCUT2D eigenvalue weighted by Crippen LogP contribution is -2.43. The van der Waals surface area contributed by atoms with E-state index in [1.54, 1.807) is 24.3 Å². The van der Waals surface area contributed by atoms with E-state index in [9.17, 15) is 30.0 Å². The number of rotatable bonds is 11. The number of hydrogen-bond donors (Lipinski definition) is 2. The van der Waals surface area contributed by atoms with Crippen molar-refractivity contribution in [1.29, 1.82) is 10.5 Å². The molecule has 0 bridgehead atoms. The smallest absolute Gasteiger partial charge is 0.407 e. The zero-order valence-corrected chi connectivity index (χ0v) is 25.9. The van der Waals surface area contributed by atoms with Gasteiger partial charge in [0.1, 0.15) is 37.1 Å². The van der Waals surface area contributed by atoms with E-state index in [-0.39, 0.29) is 30.5 Å². The van der Waals surface area contributed by atoms with Crippen LogP contribution in [0.5, 0.6) is 5.75 Å². The number of carboxylic acid groups (broad SMARTS) is 1. The third kappa shape index (κ3) is 6.95. The third-order valence-electron chi connectivity index (χ3n) is 8.13. The summed E-state index contributed by atoms with van der Waals surface area (Å²) in [6.45, 7) is 5.19. The number of carbonyl (C=O) groups excluding carboxylic acids is 2. The summed E-state index contributed by atoms with van der Waals surface area (Å²) in [6.07, 6.45) is -0.202. The molecule has 1 amide bonds. The molecule has 1 unspecified atom stereocenters.